The second-order valence-corrected chi connectivity index (χ2v) is 12.6. The van der Waals surface area contributed by atoms with E-state index in [1.54, 1.807) is 0 Å². The van der Waals surface area contributed by atoms with Crippen LogP contribution in [0.4, 0.5) is 38.3 Å². The van der Waals surface area contributed by atoms with Crippen molar-refractivity contribution in [2.75, 3.05) is 29.6 Å². The zero-order valence-electron chi connectivity index (χ0n) is 23.0. The van der Waals surface area contributed by atoms with E-state index in [9.17, 15) is 40.5 Å². The van der Waals surface area contributed by atoms with E-state index in [0.717, 1.165) is 13.2 Å². The normalized spacial score (nSPS) is 17.0. The lowest BCUT2D eigenvalue weighted by molar-refractivity contribution is -0.142. The highest BCUT2D eigenvalue weighted by molar-refractivity contribution is 7.93. The lowest BCUT2D eigenvalue weighted by atomic mass is 10.1. The molecule has 0 bridgehead atoms. The standard InChI is InChI=1S/C25H29F5N6O5S/c1-14-17(19(34-33-18(14)25(28,29)30)36-11-6-9-24(26,27)10-12-36)20(37)31-15-7-5-8-16(13-15)42(4,41)35-21(38)23(2,3)32-22(39)40/h5,7-8,13,32H,6,9-12H2,1-4H3,(H,31,37)(H,39,40). The zero-order chi connectivity index (χ0) is 31.7. The Morgan fingerprint density at radius 1 is 1.12 bits per heavy atom. The maximum atomic E-state index is 14.0. The molecule has 1 unspecified atom stereocenters. The summed E-state index contributed by atoms with van der Waals surface area (Å²) in [7, 11) is -3.49. The number of halogens is 5. The van der Waals surface area contributed by atoms with Gasteiger partial charge in [0, 0.05) is 42.8 Å². The Kier molecular flexibility index (Phi) is 9.14. The van der Waals surface area contributed by atoms with Crippen LogP contribution in [-0.4, -0.2) is 68.2 Å². The molecule has 0 radical (unpaired) electrons. The Morgan fingerprint density at radius 2 is 1.79 bits per heavy atom. The molecule has 1 aliphatic heterocycles. The predicted octanol–water partition coefficient (Wildman–Crippen LogP) is 4.71. The SMILES string of the molecule is Cc1c(C(F)(F)F)nnc(N2CCCC(F)(F)CC2)c1C(=O)Nc1cccc(S(C)(=O)=NC(=O)C(C)(C)NC(=O)O)c1. The van der Waals surface area contributed by atoms with Gasteiger partial charge in [-0.15, -0.1) is 10.2 Å². The molecule has 0 aliphatic carbocycles. The van der Waals surface area contributed by atoms with E-state index in [0.29, 0.717) is 0 Å². The van der Waals surface area contributed by atoms with Crippen LogP contribution in [0.1, 0.15) is 54.7 Å². The van der Waals surface area contributed by atoms with Gasteiger partial charge in [-0.05, 0) is 51.0 Å². The topological polar surface area (TPSA) is 154 Å². The molecule has 3 N–H and O–H groups in total. The van der Waals surface area contributed by atoms with Crippen LogP contribution in [0.5, 0.6) is 0 Å². The Morgan fingerprint density at radius 3 is 2.40 bits per heavy atom. The molecule has 3 rings (SSSR count). The maximum absolute atomic E-state index is 14.0. The van der Waals surface area contributed by atoms with Gasteiger partial charge in [0.25, 0.3) is 11.8 Å². The molecular weight excluding hydrogens is 591 g/mol. The van der Waals surface area contributed by atoms with Gasteiger partial charge in [-0.25, -0.2) is 17.8 Å². The van der Waals surface area contributed by atoms with Gasteiger partial charge in [0.1, 0.15) is 5.54 Å². The third kappa shape index (κ3) is 7.68. The molecule has 1 fully saturated rings. The highest BCUT2D eigenvalue weighted by Crippen LogP contribution is 2.36. The molecule has 2 aromatic rings. The van der Waals surface area contributed by atoms with Gasteiger partial charge in [0.15, 0.2) is 11.5 Å². The first-order valence-corrected chi connectivity index (χ1v) is 14.4. The Hall–Kier alpha value is -3.89. The summed E-state index contributed by atoms with van der Waals surface area (Å²) in [6, 6.07) is 5.21. The second-order valence-electron chi connectivity index (χ2n) is 10.3. The molecule has 230 valence electrons. The first-order chi connectivity index (χ1) is 19.2. The summed E-state index contributed by atoms with van der Waals surface area (Å²) in [6.07, 6.45) is -6.37. The number of carbonyl (C=O) groups excluding carboxylic acids is 2. The minimum absolute atomic E-state index is 0.00369. The van der Waals surface area contributed by atoms with E-state index < -0.39 is 74.9 Å². The number of anilines is 2. The van der Waals surface area contributed by atoms with Crippen molar-refractivity contribution in [3.8, 4) is 0 Å². The van der Waals surface area contributed by atoms with Crippen molar-refractivity contribution in [3.05, 3.63) is 41.1 Å². The van der Waals surface area contributed by atoms with Crippen molar-refractivity contribution in [2.24, 2.45) is 4.36 Å². The zero-order valence-corrected chi connectivity index (χ0v) is 23.8. The fourth-order valence-electron chi connectivity index (χ4n) is 4.20. The number of nitrogens with one attached hydrogen (secondary N) is 2. The summed E-state index contributed by atoms with van der Waals surface area (Å²) < 4.78 is 85.8. The summed E-state index contributed by atoms with van der Waals surface area (Å²) in [6.45, 7) is 3.20. The van der Waals surface area contributed by atoms with Gasteiger partial charge in [0.2, 0.25) is 5.92 Å². The number of benzene rings is 1. The number of amides is 3. The molecule has 0 spiro atoms. The third-order valence-corrected chi connectivity index (χ3v) is 8.09. The van der Waals surface area contributed by atoms with Gasteiger partial charge in [0.05, 0.1) is 15.3 Å². The minimum atomic E-state index is -4.96. The largest absolute Gasteiger partial charge is 0.465 e. The van der Waals surface area contributed by atoms with Crippen LogP contribution in [0.2, 0.25) is 0 Å². The van der Waals surface area contributed by atoms with Crippen LogP contribution >= 0.6 is 0 Å². The molecule has 17 heteroatoms. The number of aromatic nitrogens is 2. The number of nitrogens with zero attached hydrogens (tertiary/aromatic N) is 4. The van der Waals surface area contributed by atoms with Crippen LogP contribution in [0, 0.1) is 6.92 Å². The number of alkyl halides is 5. The average Bonchev–Trinajstić information content (AvgIpc) is 3.02. The minimum Gasteiger partial charge on any atom is -0.465 e. The predicted molar refractivity (Wildman–Crippen MR) is 142 cm³/mol. The van der Waals surface area contributed by atoms with Gasteiger partial charge in [-0.1, -0.05) is 6.07 Å². The van der Waals surface area contributed by atoms with E-state index >= 15 is 0 Å². The van der Waals surface area contributed by atoms with Gasteiger partial charge >= 0.3 is 12.3 Å². The molecule has 1 aromatic carbocycles. The number of hydrogen-bond acceptors (Lipinski definition) is 7. The number of rotatable bonds is 6. The molecule has 11 nitrogen and oxygen atoms in total. The van der Waals surface area contributed by atoms with Crippen LogP contribution < -0.4 is 15.5 Å². The summed E-state index contributed by atoms with van der Waals surface area (Å²) in [5, 5.41) is 20.2. The van der Waals surface area contributed by atoms with E-state index in [4.69, 9.17) is 5.11 Å². The number of hydrogen-bond donors (Lipinski definition) is 3. The highest BCUT2D eigenvalue weighted by Gasteiger charge is 2.39. The second kappa shape index (κ2) is 11.8. The Bertz CT molecular complexity index is 1520. The van der Waals surface area contributed by atoms with Gasteiger partial charge < -0.3 is 20.6 Å². The van der Waals surface area contributed by atoms with E-state index in [1.807, 2.05) is 5.32 Å². The summed E-state index contributed by atoms with van der Waals surface area (Å²) in [5.41, 5.74) is -4.24. The Labute approximate surface area is 238 Å². The summed E-state index contributed by atoms with van der Waals surface area (Å²) in [5.74, 6) is -5.36. The maximum Gasteiger partial charge on any atom is 0.435 e. The fourth-order valence-corrected chi connectivity index (χ4v) is 5.52. The monoisotopic (exact) mass is 620 g/mol. The molecule has 3 amide bonds. The van der Waals surface area contributed by atoms with Crippen molar-refractivity contribution >= 4 is 39.1 Å². The molecule has 0 saturated carbocycles. The van der Waals surface area contributed by atoms with Crippen LogP contribution in [-0.2, 0) is 20.7 Å². The molecular formula is C25H29F5N6O5S. The summed E-state index contributed by atoms with van der Waals surface area (Å²) in [4.78, 5) is 38.2. The lowest BCUT2D eigenvalue weighted by Gasteiger charge is -2.25. The van der Waals surface area contributed by atoms with Gasteiger partial charge in [-0.3, -0.25) is 9.59 Å². The number of carboxylic acid groups (broad SMARTS) is 1. The smallest absolute Gasteiger partial charge is 0.435 e. The van der Waals surface area contributed by atoms with Crippen LogP contribution in [0.3, 0.4) is 0 Å². The molecule has 2 heterocycles. The van der Waals surface area contributed by atoms with Crippen LogP contribution in [0.25, 0.3) is 0 Å². The lowest BCUT2D eigenvalue weighted by Crippen LogP contribution is -2.48. The third-order valence-electron chi connectivity index (χ3n) is 6.45. The summed E-state index contributed by atoms with van der Waals surface area (Å²) >= 11 is 0. The Balaban J connectivity index is 2.01. The van der Waals surface area contributed by atoms with Crippen LogP contribution in [0.15, 0.2) is 33.5 Å². The molecule has 1 atom stereocenters. The first-order valence-electron chi connectivity index (χ1n) is 12.5. The number of carbonyl (C=O) groups is 3. The van der Waals surface area contributed by atoms with E-state index in [2.05, 4.69) is 19.9 Å². The average molecular weight is 621 g/mol. The molecule has 42 heavy (non-hydrogen) atoms. The van der Waals surface area contributed by atoms with Crippen molar-refractivity contribution < 1.29 is 45.7 Å². The van der Waals surface area contributed by atoms with Gasteiger partial charge in [-0.2, -0.15) is 17.5 Å². The molecule has 1 aliphatic rings. The quantitative estimate of drug-likeness (QED) is 0.393. The van der Waals surface area contributed by atoms with E-state index in [1.165, 1.54) is 43.0 Å². The van der Waals surface area contributed by atoms with Crippen molar-refractivity contribution in [2.45, 2.75) is 62.6 Å². The highest BCUT2D eigenvalue weighted by atomic mass is 32.2. The van der Waals surface area contributed by atoms with Crippen molar-refractivity contribution in [1.82, 2.24) is 15.5 Å². The first kappa shape index (κ1) is 32.6. The molecule has 1 aromatic heterocycles. The molecule has 1 saturated heterocycles. The van der Waals surface area contributed by atoms with Crippen molar-refractivity contribution in [1.29, 1.82) is 0 Å². The van der Waals surface area contributed by atoms with Crippen molar-refractivity contribution in [3.63, 3.8) is 0 Å². The fraction of sp³-hybridized carbons (Fsp3) is 0.480. The van der Waals surface area contributed by atoms with E-state index in [-0.39, 0.29) is 35.9 Å².